The molecule has 0 aliphatic rings. The molecule has 0 spiro atoms. The van der Waals surface area contributed by atoms with Gasteiger partial charge in [0.05, 0.1) is 21.7 Å². The first-order valence-electron chi connectivity index (χ1n) is 8.31. The smallest absolute Gasteiger partial charge is 0.276 e. The average Bonchev–Trinajstić information content (AvgIpc) is 2.59. The van der Waals surface area contributed by atoms with E-state index in [2.05, 4.69) is 10.6 Å². The van der Waals surface area contributed by atoms with Gasteiger partial charge >= 0.3 is 0 Å². The largest absolute Gasteiger partial charge is 0.347 e. The van der Waals surface area contributed by atoms with E-state index >= 15 is 0 Å². The van der Waals surface area contributed by atoms with Crippen LogP contribution in [0, 0.1) is 10.1 Å². The van der Waals surface area contributed by atoms with Gasteiger partial charge in [-0.15, -0.1) is 0 Å². The lowest BCUT2D eigenvalue weighted by molar-refractivity contribution is -0.385. The molecule has 2 rings (SSSR count). The second-order valence-electron chi connectivity index (χ2n) is 6.89. The molecule has 7 nitrogen and oxygen atoms in total. The zero-order chi connectivity index (χ0) is 20.0. The second kappa shape index (κ2) is 8.27. The Bertz CT molecular complexity index is 898. The first kappa shape index (κ1) is 19.8. The second-order valence-corrected chi connectivity index (χ2v) is 6.89. The van der Waals surface area contributed by atoms with Gasteiger partial charge in [-0.05, 0) is 45.0 Å². The minimum absolute atomic E-state index is 0.0912. The Morgan fingerprint density at radius 2 is 1.67 bits per heavy atom. The van der Waals surface area contributed by atoms with Crippen LogP contribution in [0.1, 0.15) is 36.7 Å². The maximum absolute atomic E-state index is 12.4. The van der Waals surface area contributed by atoms with Crippen LogP contribution >= 0.6 is 0 Å². The summed E-state index contributed by atoms with van der Waals surface area (Å²) in [6.07, 6.45) is 2.56. The Kier molecular flexibility index (Phi) is 6.07. The molecule has 140 valence electrons. The summed E-state index contributed by atoms with van der Waals surface area (Å²) in [7, 11) is 0. The number of hydrogen-bond acceptors (Lipinski definition) is 4. The van der Waals surface area contributed by atoms with Crippen molar-refractivity contribution in [3.63, 3.8) is 0 Å². The third-order valence-electron chi connectivity index (χ3n) is 3.47. The highest BCUT2D eigenvalue weighted by Gasteiger charge is 2.18. The van der Waals surface area contributed by atoms with Gasteiger partial charge in [-0.25, -0.2) is 0 Å². The summed E-state index contributed by atoms with van der Waals surface area (Å²) in [5.74, 6) is -0.801. The lowest BCUT2D eigenvalue weighted by atomic mass is 10.1. The van der Waals surface area contributed by atoms with Crippen LogP contribution in [0.25, 0.3) is 6.08 Å². The van der Waals surface area contributed by atoms with E-state index in [9.17, 15) is 19.7 Å². The molecule has 0 saturated heterocycles. The van der Waals surface area contributed by atoms with Gasteiger partial charge in [0.15, 0.2) is 0 Å². The fourth-order valence-electron chi connectivity index (χ4n) is 2.33. The number of nitrogens with zero attached hydrogens (tertiary/aromatic N) is 1. The van der Waals surface area contributed by atoms with E-state index in [-0.39, 0.29) is 11.6 Å². The highest BCUT2D eigenvalue weighted by Crippen LogP contribution is 2.20. The highest BCUT2D eigenvalue weighted by atomic mass is 16.6. The Balaban J connectivity index is 2.18. The molecule has 0 aliphatic heterocycles. The van der Waals surface area contributed by atoms with Crippen molar-refractivity contribution >= 4 is 29.3 Å². The number of nitro groups is 1. The van der Waals surface area contributed by atoms with Crippen LogP contribution in [-0.2, 0) is 4.79 Å². The van der Waals surface area contributed by atoms with Crippen molar-refractivity contribution in [1.29, 1.82) is 0 Å². The van der Waals surface area contributed by atoms with Crippen LogP contribution in [0.15, 0.2) is 54.6 Å². The molecule has 2 aromatic rings. The highest BCUT2D eigenvalue weighted by molar-refractivity contribution is 6.07. The molecule has 7 heteroatoms. The zero-order valence-corrected chi connectivity index (χ0v) is 15.4. The third kappa shape index (κ3) is 5.78. The maximum Gasteiger partial charge on any atom is 0.276 e. The van der Waals surface area contributed by atoms with Crippen LogP contribution in [0.4, 0.5) is 11.4 Å². The topological polar surface area (TPSA) is 101 Å². The average molecular weight is 367 g/mol. The number of carbonyl (C=O) groups excluding carboxylic acids is 2. The lowest BCUT2D eigenvalue weighted by Crippen LogP contribution is -2.40. The molecule has 2 amide bonds. The monoisotopic (exact) mass is 367 g/mol. The summed E-state index contributed by atoms with van der Waals surface area (Å²) >= 11 is 0. The fraction of sp³-hybridized carbons (Fsp3) is 0.200. The Hall–Kier alpha value is -3.48. The number of anilines is 1. The van der Waals surface area contributed by atoms with Gasteiger partial charge in [-0.1, -0.05) is 24.3 Å². The Morgan fingerprint density at radius 3 is 2.33 bits per heavy atom. The maximum atomic E-state index is 12.4. The van der Waals surface area contributed by atoms with Crippen LogP contribution in [0.5, 0.6) is 0 Å². The van der Waals surface area contributed by atoms with Crippen molar-refractivity contribution in [1.82, 2.24) is 5.32 Å². The number of benzene rings is 2. The van der Waals surface area contributed by atoms with Crippen LogP contribution in [0.2, 0.25) is 0 Å². The van der Waals surface area contributed by atoms with Crippen molar-refractivity contribution in [2.24, 2.45) is 0 Å². The molecule has 0 aromatic heterocycles. The minimum Gasteiger partial charge on any atom is -0.347 e. The number of nitro benzene ring substituents is 1. The van der Waals surface area contributed by atoms with Crippen molar-refractivity contribution in [2.45, 2.75) is 26.3 Å². The number of hydrogen-bond donors (Lipinski definition) is 2. The molecule has 2 aromatic carbocycles. The first-order chi connectivity index (χ1) is 12.7. The summed E-state index contributed by atoms with van der Waals surface area (Å²) < 4.78 is 0. The lowest BCUT2D eigenvalue weighted by Gasteiger charge is -2.21. The number of para-hydroxylation sites is 2. The molecule has 0 aliphatic carbocycles. The van der Waals surface area contributed by atoms with E-state index in [1.165, 1.54) is 18.2 Å². The SMILES string of the molecule is CC(C)(C)NC(=O)c1ccccc1NC(=O)C=Cc1ccccc1[N+](=O)[O-]. The minimum atomic E-state index is -0.510. The van der Waals surface area contributed by atoms with Gasteiger partial charge in [0.1, 0.15) is 0 Å². The molecule has 0 unspecified atom stereocenters. The standard InChI is InChI=1S/C20H21N3O4/c1-20(2,3)22-19(25)15-9-5-6-10-16(15)21-18(24)13-12-14-8-4-7-11-17(14)23(26)27/h4-13H,1-3H3,(H,21,24)(H,22,25). The summed E-state index contributed by atoms with van der Waals surface area (Å²) in [5, 5.41) is 16.5. The molecule has 0 heterocycles. The zero-order valence-electron chi connectivity index (χ0n) is 15.4. The quantitative estimate of drug-likeness (QED) is 0.477. The summed E-state index contributed by atoms with van der Waals surface area (Å²) in [4.78, 5) is 35.1. The number of rotatable bonds is 5. The van der Waals surface area contributed by atoms with Gasteiger partial charge in [0, 0.05) is 17.7 Å². The summed E-state index contributed by atoms with van der Waals surface area (Å²) in [6.45, 7) is 5.59. The summed E-state index contributed by atoms with van der Waals surface area (Å²) in [5.41, 5.74) is 0.500. The molecule has 0 bridgehead atoms. The molecular weight excluding hydrogens is 346 g/mol. The van der Waals surface area contributed by atoms with E-state index in [4.69, 9.17) is 0 Å². The van der Waals surface area contributed by atoms with E-state index < -0.39 is 16.4 Å². The van der Waals surface area contributed by atoms with E-state index in [1.54, 1.807) is 42.5 Å². The van der Waals surface area contributed by atoms with Gasteiger partial charge in [-0.3, -0.25) is 19.7 Å². The fourth-order valence-corrected chi connectivity index (χ4v) is 2.33. The van der Waals surface area contributed by atoms with Gasteiger partial charge in [0.25, 0.3) is 11.6 Å². The molecule has 27 heavy (non-hydrogen) atoms. The van der Waals surface area contributed by atoms with Gasteiger partial charge < -0.3 is 10.6 Å². The predicted octanol–water partition coefficient (Wildman–Crippen LogP) is 3.78. The van der Waals surface area contributed by atoms with Crippen molar-refractivity contribution < 1.29 is 14.5 Å². The van der Waals surface area contributed by atoms with Crippen molar-refractivity contribution in [2.75, 3.05) is 5.32 Å². The van der Waals surface area contributed by atoms with E-state index in [0.717, 1.165) is 0 Å². The number of nitrogens with one attached hydrogen (secondary N) is 2. The third-order valence-corrected chi connectivity index (χ3v) is 3.47. The van der Waals surface area contributed by atoms with Gasteiger partial charge in [0.2, 0.25) is 5.91 Å². The normalized spacial score (nSPS) is 11.2. The van der Waals surface area contributed by atoms with Crippen LogP contribution in [0.3, 0.4) is 0 Å². The van der Waals surface area contributed by atoms with E-state index in [1.807, 2.05) is 20.8 Å². The molecule has 0 fully saturated rings. The Labute approximate surface area is 157 Å². The van der Waals surface area contributed by atoms with E-state index in [0.29, 0.717) is 16.8 Å². The molecule has 0 atom stereocenters. The molecular formula is C20H21N3O4. The molecule has 0 saturated carbocycles. The number of carbonyl (C=O) groups is 2. The molecule has 2 N–H and O–H groups in total. The van der Waals surface area contributed by atoms with Crippen molar-refractivity contribution in [3.05, 3.63) is 75.8 Å². The van der Waals surface area contributed by atoms with Gasteiger partial charge in [-0.2, -0.15) is 0 Å². The predicted molar refractivity (Wildman–Crippen MR) is 104 cm³/mol. The first-order valence-corrected chi connectivity index (χ1v) is 8.31. The van der Waals surface area contributed by atoms with Crippen LogP contribution < -0.4 is 10.6 Å². The van der Waals surface area contributed by atoms with Crippen molar-refractivity contribution in [3.8, 4) is 0 Å². The number of amides is 2. The Morgan fingerprint density at radius 1 is 1.04 bits per heavy atom. The summed E-state index contributed by atoms with van der Waals surface area (Å²) in [6, 6.07) is 12.8. The van der Waals surface area contributed by atoms with Crippen LogP contribution in [-0.4, -0.2) is 22.3 Å². The molecule has 0 radical (unpaired) electrons.